The minimum absolute atomic E-state index is 0.257. The maximum Gasteiger partial charge on any atom is 0.222 e. The number of carbonyl (C=O) groups excluding carboxylic acids is 1. The summed E-state index contributed by atoms with van der Waals surface area (Å²) in [7, 11) is 1.88. The molecule has 0 fully saturated rings. The van der Waals surface area contributed by atoms with Gasteiger partial charge in [-0.25, -0.2) is 0 Å². The van der Waals surface area contributed by atoms with Crippen LogP contribution in [-0.2, 0) is 4.79 Å². The average Bonchev–Trinajstić information content (AvgIpc) is 2.13. The van der Waals surface area contributed by atoms with E-state index in [2.05, 4.69) is 20.8 Å². The van der Waals surface area contributed by atoms with Crippen molar-refractivity contribution in [2.75, 3.05) is 20.1 Å². The van der Waals surface area contributed by atoms with Crippen molar-refractivity contribution < 1.29 is 4.79 Å². The van der Waals surface area contributed by atoms with Gasteiger partial charge in [0.15, 0.2) is 0 Å². The number of nitrogens with zero attached hydrogens (tertiary/aromatic N) is 1. The number of rotatable bonds is 7. The molecule has 1 unspecified atom stereocenters. The average molecular weight is 214 g/mol. The molecule has 3 heteroatoms. The zero-order valence-corrected chi connectivity index (χ0v) is 10.6. The van der Waals surface area contributed by atoms with Crippen molar-refractivity contribution in [3.8, 4) is 0 Å². The van der Waals surface area contributed by atoms with Gasteiger partial charge in [0.25, 0.3) is 0 Å². The number of amides is 1. The summed E-state index contributed by atoms with van der Waals surface area (Å²) >= 11 is 0. The van der Waals surface area contributed by atoms with E-state index in [9.17, 15) is 4.79 Å². The predicted molar refractivity (Wildman–Crippen MR) is 64.5 cm³/mol. The molecule has 0 bridgehead atoms. The van der Waals surface area contributed by atoms with E-state index in [1.807, 2.05) is 11.9 Å². The minimum atomic E-state index is 0.257. The zero-order valence-electron chi connectivity index (χ0n) is 10.6. The molecule has 0 radical (unpaired) electrons. The number of hydrogen-bond acceptors (Lipinski definition) is 2. The van der Waals surface area contributed by atoms with Crippen LogP contribution in [0.1, 0.15) is 40.0 Å². The van der Waals surface area contributed by atoms with Gasteiger partial charge in [-0.15, -0.1) is 0 Å². The second kappa shape index (κ2) is 7.69. The van der Waals surface area contributed by atoms with Crippen LogP contribution in [0.25, 0.3) is 0 Å². The summed E-state index contributed by atoms with van der Waals surface area (Å²) in [5, 5.41) is 0. The molecular formula is C12H26N2O. The van der Waals surface area contributed by atoms with E-state index >= 15 is 0 Å². The third-order valence-corrected chi connectivity index (χ3v) is 2.58. The Balaban J connectivity index is 3.72. The van der Waals surface area contributed by atoms with Gasteiger partial charge in [-0.2, -0.15) is 0 Å². The second-order valence-corrected chi connectivity index (χ2v) is 4.89. The van der Waals surface area contributed by atoms with Gasteiger partial charge in [-0.1, -0.05) is 20.8 Å². The molecule has 1 atom stereocenters. The van der Waals surface area contributed by atoms with Crippen LogP contribution in [0, 0.1) is 11.8 Å². The minimum Gasteiger partial charge on any atom is -0.346 e. The quantitative estimate of drug-likeness (QED) is 0.703. The van der Waals surface area contributed by atoms with Gasteiger partial charge in [-0.3, -0.25) is 4.79 Å². The lowest BCUT2D eigenvalue weighted by Crippen LogP contribution is -2.30. The van der Waals surface area contributed by atoms with Gasteiger partial charge in [0.2, 0.25) is 5.91 Å². The van der Waals surface area contributed by atoms with Crippen LogP contribution in [0.4, 0.5) is 0 Å². The van der Waals surface area contributed by atoms with Crippen LogP contribution in [-0.4, -0.2) is 30.9 Å². The van der Waals surface area contributed by atoms with Crippen molar-refractivity contribution in [1.29, 1.82) is 0 Å². The van der Waals surface area contributed by atoms with E-state index in [4.69, 9.17) is 5.73 Å². The van der Waals surface area contributed by atoms with E-state index < -0.39 is 0 Å². The maximum atomic E-state index is 11.7. The Morgan fingerprint density at radius 1 is 1.27 bits per heavy atom. The van der Waals surface area contributed by atoms with E-state index in [1.54, 1.807) is 0 Å². The molecule has 0 aromatic rings. The lowest BCUT2D eigenvalue weighted by molar-refractivity contribution is -0.130. The summed E-state index contributed by atoms with van der Waals surface area (Å²) in [5.74, 6) is 1.36. The van der Waals surface area contributed by atoms with Crippen molar-refractivity contribution in [1.82, 2.24) is 4.90 Å². The largest absolute Gasteiger partial charge is 0.346 e. The lowest BCUT2D eigenvalue weighted by Gasteiger charge is -2.20. The second-order valence-electron chi connectivity index (χ2n) is 4.89. The molecule has 0 spiro atoms. The molecule has 0 aromatic heterocycles. The first-order valence-electron chi connectivity index (χ1n) is 5.91. The summed E-state index contributed by atoms with van der Waals surface area (Å²) in [6, 6.07) is 0. The zero-order chi connectivity index (χ0) is 11.8. The van der Waals surface area contributed by atoms with Crippen LogP contribution >= 0.6 is 0 Å². The summed E-state index contributed by atoms with van der Waals surface area (Å²) in [5.41, 5.74) is 5.47. The number of carbonyl (C=O) groups is 1. The maximum absolute atomic E-state index is 11.7. The highest BCUT2D eigenvalue weighted by Crippen LogP contribution is 2.10. The van der Waals surface area contributed by atoms with Crippen LogP contribution < -0.4 is 5.73 Å². The molecule has 0 aliphatic carbocycles. The van der Waals surface area contributed by atoms with Gasteiger partial charge < -0.3 is 10.6 Å². The third kappa shape index (κ3) is 7.37. The highest BCUT2D eigenvalue weighted by atomic mass is 16.2. The van der Waals surface area contributed by atoms with Gasteiger partial charge in [-0.05, 0) is 31.2 Å². The van der Waals surface area contributed by atoms with Crippen LogP contribution in [0.2, 0.25) is 0 Å². The Bertz CT molecular complexity index is 180. The Morgan fingerprint density at radius 2 is 1.87 bits per heavy atom. The monoisotopic (exact) mass is 214 g/mol. The molecule has 0 saturated carbocycles. The van der Waals surface area contributed by atoms with Gasteiger partial charge in [0.1, 0.15) is 0 Å². The molecule has 0 rings (SSSR count). The molecule has 15 heavy (non-hydrogen) atoms. The molecule has 1 amide bonds. The summed E-state index contributed by atoms with van der Waals surface area (Å²) in [6.07, 6.45) is 2.63. The first-order valence-corrected chi connectivity index (χ1v) is 5.91. The van der Waals surface area contributed by atoms with E-state index in [0.717, 1.165) is 25.9 Å². The van der Waals surface area contributed by atoms with Crippen molar-refractivity contribution in [3.63, 3.8) is 0 Å². The van der Waals surface area contributed by atoms with Gasteiger partial charge in [0, 0.05) is 20.0 Å². The fourth-order valence-corrected chi connectivity index (χ4v) is 1.64. The van der Waals surface area contributed by atoms with Crippen molar-refractivity contribution in [2.24, 2.45) is 17.6 Å². The number of hydrogen-bond donors (Lipinski definition) is 1. The van der Waals surface area contributed by atoms with Crippen LogP contribution in [0.15, 0.2) is 0 Å². The van der Waals surface area contributed by atoms with Crippen LogP contribution in [0.5, 0.6) is 0 Å². The Hall–Kier alpha value is -0.570. The molecule has 0 aliphatic rings. The van der Waals surface area contributed by atoms with E-state index in [1.165, 1.54) is 0 Å². The van der Waals surface area contributed by atoms with Gasteiger partial charge >= 0.3 is 0 Å². The van der Waals surface area contributed by atoms with Gasteiger partial charge in [0.05, 0.1) is 0 Å². The molecular weight excluding hydrogens is 188 g/mol. The van der Waals surface area contributed by atoms with Crippen molar-refractivity contribution in [3.05, 3.63) is 0 Å². The summed E-state index contributed by atoms with van der Waals surface area (Å²) in [4.78, 5) is 13.5. The number of nitrogens with two attached hydrogens (primary N) is 1. The van der Waals surface area contributed by atoms with Crippen molar-refractivity contribution >= 4 is 5.91 Å². The SMILES string of the molecule is CC(C)CN(C)C(=O)CCC(C)CCN. The normalized spacial score (nSPS) is 12.9. The molecule has 3 nitrogen and oxygen atoms in total. The lowest BCUT2D eigenvalue weighted by atomic mass is 10.0. The molecule has 0 aromatic carbocycles. The smallest absolute Gasteiger partial charge is 0.222 e. The Kier molecular flexibility index (Phi) is 7.39. The van der Waals surface area contributed by atoms with Crippen molar-refractivity contribution in [2.45, 2.75) is 40.0 Å². The fraction of sp³-hybridized carbons (Fsp3) is 0.917. The molecule has 0 saturated heterocycles. The van der Waals surface area contributed by atoms with Crippen LogP contribution in [0.3, 0.4) is 0 Å². The highest BCUT2D eigenvalue weighted by Gasteiger charge is 2.11. The first kappa shape index (κ1) is 14.4. The topological polar surface area (TPSA) is 46.3 Å². The third-order valence-electron chi connectivity index (χ3n) is 2.58. The molecule has 90 valence electrons. The summed E-state index contributed by atoms with van der Waals surface area (Å²) in [6.45, 7) is 7.98. The molecule has 2 N–H and O–H groups in total. The Morgan fingerprint density at radius 3 is 2.33 bits per heavy atom. The van der Waals surface area contributed by atoms with E-state index in [-0.39, 0.29) is 5.91 Å². The highest BCUT2D eigenvalue weighted by molar-refractivity contribution is 5.75. The molecule has 0 heterocycles. The first-order chi connectivity index (χ1) is 6.97. The standard InChI is InChI=1S/C12H26N2O/c1-10(2)9-14(4)12(15)6-5-11(3)7-8-13/h10-11H,5-9,13H2,1-4H3. The summed E-state index contributed by atoms with van der Waals surface area (Å²) < 4.78 is 0. The Labute approximate surface area is 94.0 Å². The molecule has 0 aliphatic heterocycles. The fourth-order valence-electron chi connectivity index (χ4n) is 1.64. The predicted octanol–water partition coefficient (Wildman–Crippen LogP) is 1.87. The van der Waals surface area contributed by atoms with E-state index in [0.29, 0.717) is 18.3 Å².